The van der Waals surface area contributed by atoms with Gasteiger partial charge in [0.15, 0.2) is 0 Å². The summed E-state index contributed by atoms with van der Waals surface area (Å²) in [5.41, 5.74) is 3.02. The third-order valence-electron chi connectivity index (χ3n) is 4.40. The molecule has 2 aromatic rings. The number of nitrogens with zero attached hydrogens (tertiary/aromatic N) is 2. The average molecular weight is 418 g/mol. The minimum atomic E-state index is -0.0320. The predicted molar refractivity (Wildman–Crippen MR) is 105 cm³/mol. The number of anilines is 1. The minimum Gasteiger partial charge on any atom is -0.317 e. The Morgan fingerprint density at radius 1 is 1.40 bits per heavy atom. The molecule has 0 saturated heterocycles. The number of fused-ring (bicyclic) bond motifs is 1. The molecule has 0 spiro atoms. The van der Waals surface area contributed by atoms with Crippen molar-refractivity contribution in [3.05, 3.63) is 50.3 Å². The van der Waals surface area contributed by atoms with Gasteiger partial charge in [0.2, 0.25) is 5.91 Å². The fourth-order valence-corrected chi connectivity index (χ4v) is 4.75. The second kappa shape index (κ2) is 8.13. The first kappa shape index (κ1) is 18.1. The SMILES string of the molecule is CN(CCC(=O)Nc1sc2c(c1C#N)CCC2)Cc1ccccc1Br. The van der Waals surface area contributed by atoms with E-state index in [1.165, 1.54) is 10.4 Å². The van der Waals surface area contributed by atoms with E-state index in [9.17, 15) is 10.1 Å². The first-order valence-electron chi connectivity index (χ1n) is 8.35. The molecule has 0 aliphatic heterocycles. The lowest BCUT2D eigenvalue weighted by molar-refractivity contribution is -0.116. The molecular weight excluding hydrogens is 398 g/mol. The molecule has 1 amide bonds. The minimum absolute atomic E-state index is 0.0320. The Bertz CT molecular complexity index is 825. The maximum absolute atomic E-state index is 12.3. The first-order valence-corrected chi connectivity index (χ1v) is 9.96. The smallest absolute Gasteiger partial charge is 0.226 e. The Morgan fingerprint density at radius 2 is 2.20 bits per heavy atom. The van der Waals surface area contributed by atoms with Gasteiger partial charge in [0.05, 0.1) is 5.56 Å². The summed E-state index contributed by atoms with van der Waals surface area (Å²) in [6.07, 6.45) is 3.51. The quantitative estimate of drug-likeness (QED) is 0.760. The van der Waals surface area contributed by atoms with Crippen molar-refractivity contribution in [2.75, 3.05) is 18.9 Å². The monoisotopic (exact) mass is 417 g/mol. The molecule has 6 heteroatoms. The fraction of sp³-hybridized carbons (Fsp3) is 0.368. The lowest BCUT2D eigenvalue weighted by atomic mass is 10.1. The van der Waals surface area contributed by atoms with Crippen molar-refractivity contribution in [2.24, 2.45) is 0 Å². The predicted octanol–water partition coefficient (Wildman–Crippen LogP) is 4.33. The molecule has 1 aliphatic carbocycles. The van der Waals surface area contributed by atoms with Crippen LogP contribution in [0.5, 0.6) is 0 Å². The Hall–Kier alpha value is -1.68. The number of benzene rings is 1. The molecule has 0 fully saturated rings. The van der Waals surface area contributed by atoms with Gasteiger partial charge in [0.25, 0.3) is 0 Å². The van der Waals surface area contributed by atoms with Crippen molar-refractivity contribution in [2.45, 2.75) is 32.2 Å². The molecule has 0 atom stereocenters. The normalized spacial score (nSPS) is 12.9. The van der Waals surface area contributed by atoms with Gasteiger partial charge in [-0.05, 0) is 43.5 Å². The molecule has 0 radical (unpaired) electrons. The van der Waals surface area contributed by atoms with Gasteiger partial charge in [0.1, 0.15) is 11.1 Å². The van der Waals surface area contributed by atoms with Gasteiger partial charge in [0, 0.05) is 28.9 Å². The number of rotatable bonds is 6. The van der Waals surface area contributed by atoms with Crippen LogP contribution in [0, 0.1) is 11.3 Å². The summed E-state index contributed by atoms with van der Waals surface area (Å²) in [4.78, 5) is 15.7. The van der Waals surface area contributed by atoms with Crippen LogP contribution < -0.4 is 5.32 Å². The summed E-state index contributed by atoms with van der Waals surface area (Å²) in [5, 5.41) is 13.1. The number of hydrogen-bond acceptors (Lipinski definition) is 4. The van der Waals surface area contributed by atoms with Crippen molar-refractivity contribution in [1.82, 2.24) is 4.90 Å². The van der Waals surface area contributed by atoms with E-state index in [1.54, 1.807) is 11.3 Å². The molecule has 0 bridgehead atoms. The van der Waals surface area contributed by atoms with Crippen LogP contribution in [0.15, 0.2) is 28.7 Å². The number of nitriles is 1. The Morgan fingerprint density at radius 3 is 2.96 bits per heavy atom. The molecule has 1 aromatic carbocycles. The maximum Gasteiger partial charge on any atom is 0.226 e. The van der Waals surface area contributed by atoms with Crippen LogP contribution in [0.2, 0.25) is 0 Å². The molecule has 1 aliphatic rings. The summed E-state index contributed by atoms with van der Waals surface area (Å²) in [7, 11) is 2.01. The van der Waals surface area contributed by atoms with Gasteiger partial charge >= 0.3 is 0 Å². The van der Waals surface area contributed by atoms with Crippen LogP contribution in [-0.2, 0) is 24.2 Å². The van der Waals surface area contributed by atoms with Gasteiger partial charge in [-0.15, -0.1) is 11.3 Å². The van der Waals surface area contributed by atoms with E-state index >= 15 is 0 Å². The fourth-order valence-electron chi connectivity index (χ4n) is 3.09. The van der Waals surface area contributed by atoms with E-state index in [0.717, 1.165) is 40.8 Å². The standard InChI is InChI=1S/C19H20BrN3OS/c1-23(12-13-5-2-3-7-16(13)20)10-9-18(24)22-19-15(11-21)14-6-4-8-17(14)25-19/h2-3,5,7H,4,6,8-10,12H2,1H3,(H,22,24). The van der Waals surface area contributed by atoms with E-state index in [0.29, 0.717) is 18.5 Å². The van der Waals surface area contributed by atoms with E-state index < -0.39 is 0 Å². The van der Waals surface area contributed by atoms with Gasteiger partial charge in [-0.1, -0.05) is 34.1 Å². The van der Waals surface area contributed by atoms with Crippen LogP contribution in [-0.4, -0.2) is 24.4 Å². The van der Waals surface area contributed by atoms with E-state index in [1.807, 2.05) is 25.2 Å². The van der Waals surface area contributed by atoms with Crippen molar-refractivity contribution in [3.63, 3.8) is 0 Å². The molecule has 1 heterocycles. The summed E-state index contributed by atoms with van der Waals surface area (Å²) >= 11 is 5.12. The van der Waals surface area contributed by atoms with Crippen LogP contribution in [0.4, 0.5) is 5.00 Å². The van der Waals surface area contributed by atoms with Gasteiger partial charge in [-0.3, -0.25) is 4.79 Å². The third-order valence-corrected chi connectivity index (χ3v) is 6.39. The topological polar surface area (TPSA) is 56.1 Å². The zero-order chi connectivity index (χ0) is 17.8. The van der Waals surface area contributed by atoms with E-state index in [-0.39, 0.29) is 5.91 Å². The first-order chi connectivity index (χ1) is 12.1. The number of nitrogens with one attached hydrogen (secondary N) is 1. The number of carbonyl (C=O) groups excluding carboxylic acids is 1. The number of amides is 1. The Kier molecular flexibility index (Phi) is 5.89. The van der Waals surface area contributed by atoms with Crippen molar-refractivity contribution in [1.29, 1.82) is 5.26 Å². The maximum atomic E-state index is 12.3. The highest BCUT2D eigenvalue weighted by Crippen LogP contribution is 2.38. The third kappa shape index (κ3) is 4.30. The number of thiophene rings is 1. The molecule has 3 rings (SSSR count). The summed E-state index contributed by atoms with van der Waals surface area (Å²) < 4.78 is 1.08. The largest absolute Gasteiger partial charge is 0.317 e. The highest BCUT2D eigenvalue weighted by atomic mass is 79.9. The van der Waals surface area contributed by atoms with Gasteiger partial charge < -0.3 is 10.2 Å². The van der Waals surface area contributed by atoms with Crippen LogP contribution in [0.3, 0.4) is 0 Å². The summed E-state index contributed by atoms with van der Waals surface area (Å²) in [5.74, 6) is -0.0320. The Balaban J connectivity index is 1.53. The number of halogens is 1. The van der Waals surface area contributed by atoms with Crippen molar-refractivity contribution < 1.29 is 4.79 Å². The zero-order valence-electron chi connectivity index (χ0n) is 14.1. The molecule has 0 unspecified atom stereocenters. The number of carbonyl (C=O) groups is 1. The lowest BCUT2D eigenvalue weighted by Crippen LogP contribution is -2.24. The van der Waals surface area contributed by atoms with Crippen LogP contribution in [0.1, 0.15) is 34.4 Å². The van der Waals surface area contributed by atoms with Crippen LogP contribution >= 0.6 is 27.3 Å². The summed E-state index contributed by atoms with van der Waals surface area (Å²) in [6.45, 7) is 1.45. The average Bonchev–Trinajstić information content (AvgIpc) is 3.15. The van der Waals surface area contributed by atoms with Gasteiger partial charge in [-0.2, -0.15) is 5.26 Å². The molecule has 4 nitrogen and oxygen atoms in total. The molecule has 25 heavy (non-hydrogen) atoms. The molecule has 130 valence electrons. The highest BCUT2D eigenvalue weighted by Gasteiger charge is 2.23. The Labute approximate surface area is 160 Å². The number of aryl methyl sites for hydroxylation is 1. The van der Waals surface area contributed by atoms with Crippen molar-refractivity contribution >= 4 is 38.2 Å². The van der Waals surface area contributed by atoms with E-state index in [4.69, 9.17) is 0 Å². The van der Waals surface area contributed by atoms with Crippen molar-refractivity contribution in [3.8, 4) is 6.07 Å². The second-order valence-corrected chi connectivity index (χ2v) is 8.26. The highest BCUT2D eigenvalue weighted by molar-refractivity contribution is 9.10. The van der Waals surface area contributed by atoms with Gasteiger partial charge in [-0.25, -0.2) is 0 Å². The van der Waals surface area contributed by atoms with E-state index in [2.05, 4.69) is 38.3 Å². The molecular formula is C19H20BrN3OS. The molecule has 0 saturated carbocycles. The molecule has 1 N–H and O–H groups in total. The second-order valence-electron chi connectivity index (χ2n) is 6.30. The molecule has 1 aromatic heterocycles. The lowest BCUT2D eigenvalue weighted by Gasteiger charge is -2.17. The van der Waals surface area contributed by atoms with Crippen LogP contribution in [0.25, 0.3) is 0 Å². The summed E-state index contributed by atoms with van der Waals surface area (Å²) in [6, 6.07) is 10.4. The number of hydrogen-bond donors (Lipinski definition) is 1. The zero-order valence-corrected chi connectivity index (χ0v) is 16.5.